The summed E-state index contributed by atoms with van der Waals surface area (Å²) in [5.41, 5.74) is 0. The Labute approximate surface area is 78.0 Å². The fraction of sp³-hybridized carbons (Fsp3) is 0.889. The normalized spacial score (nSPS) is 28.5. The van der Waals surface area contributed by atoms with Gasteiger partial charge in [0.2, 0.25) is 5.91 Å². The van der Waals surface area contributed by atoms with Crippen molar-refractivity contribution in [2.24, 2.45) is 5.92 Å². The van der Waals surface area contributed by atoms with Gasteiger partial charge in [0.15, 0.2) is 0 Å². The summed E-state index contributed by atoms with van der Waals surface area (Å²) in [6, 6.07) is 0. The van der Waals surface area contributed by atoms with Crippen molar-refractivity contribution in [1.29, 1.82) is 0 Å². The molecule has 1 atom stereocenters. The molecule has 0 saturated carbocycles. The lowest BCUT2D eigenvalue weighted by Gasteiger charge is -2.26. The second kappa shape index (κ2) is 4.07. The predicted molar refractivity (Wildman–Crippen MR) is 48.3 cm³/mol. The van der Waals surface area contributed by atoms with Crippen LogP contribution in [-0.4, -0.2) is 38.3 Å². The summed E-state index contributed by atoms with van der Waals surface area (Å²) in [4.78, 5) is 11.4. The molecule has 2 saturated heterocycles. The minimum absolute atomic E-state index is 0.175. The number of carbonyl (C=O) groups excluding carboxylic acids is 1. The van der Waals surface area contributed by atoms with E-state index in [1.807, 2.05) is 0 Å². The molecule has 0 spiro atoms. The van der Waals surface area contributed by atoms with E-state index in [0.717, 1.165) is 32.5 Å². The van der Waals surface area contributed by atoms with Crippen LogP contribution in [-0.2, 0) is 9.53 Å². The summed E-state index contributed by atoms with van der Waals surface area (Å²) < 4.78 is 5.40. The average Bonchev–Trinajstić information content (AvgIpc) is 2.49. The Morgan fingerprint density at radius 1 is 1.54 bits per heavy atom. The zero-order valence-electron chi connectivity index (χ0n) is 7.71. The van der Waals surface area contributed by atoms with Crippen LogP contribution in [0.15, 0.2) is 0 Å². The largest absolute Gasteiger partial charge is 0.376 e. The van der Waals surface area contributed by atoms with Gasteiger partial charge in [0, 0.05) is 26.2 Å². The molecule has 1 unspecified atom stereocenters. The minimum Gasteiger partial charge on any atom is -0.376 e. The molecule has 2 rings (SSSR count). The van der Waals surface area contributed by atoms with E-state index >= 15 is 0 Å². The van der Waals surface area contributed by atoms with Gasteiger partial charge in [-0.1, -0.05) is 0 Å². The predicted octanol–water partition coefficient (Wildman–Crippen LogP) is -0.499. The Balaban J connectivity index is 1.63. The highest BCUT2D eigenvalue weighted by Crippen LogP contribution is 2.11. The van der Waals surface area contributed by atoms with Gasteiger partial charge in [0.1, 0.15) is 0 Å². The Bertz CT molecular complexity index is 186. The fourth-order valence-electron chi connectivity index (χ4n) is 1.64. The molecule has 2 N–H and O–H groups in total. The summed E-state index contributed by atoms with van der Waals surface area (Å²) in [6.45, 7) is 3.20. The number of carbonyl (C=O) groups is 1. The Hall–Kier alpha value is -0.610. The average molecular weight is 184 g/mol. The number of nitrogens with one attached hydrogen (secondary N) is 2. The molecule has 2 heterocycles. The van der Waals surface area contributed by atoms with Crippen LogP contribution < -0.4 is 10.6 Å². The van der Waals surface area contributed by atoms with E-state index in [4.69, 9.17) is 4.74 Å². The van der Waals surface area contributed by atoms with Crippen LogP contribution in [0.1, 0.15) is 12.8 Å². The number of ether oxygens (including phenoxy) is 1. The van der Waals surface area contributed by atoms with E-state index in [1.54, 1.807) is 0 Å². The summed E-state index contributed by atoms with van der Waals surface area (Å²) in [5.74, 6) is 0.371. The number of rotatable bonds is 3. The molecule has 74 valence electrons. The highest BCUT2D eigenvalue weighted by molar-refractivity contribution is 5.80. The maximum Gasteiger partial charge on any atom is 0.225 e. The van der Waals surface area contributed by atoms with E-state index in [-0.39, 0.29) is 17.9 Å². The molecule has 0 radical (unpaired) electrons. The van der Waals surface area contributed by atoms with Crippen molar-refractivity contribution in [1.82, 2.24) is 10.6 Å². The van der Waals surface area contributed by atoms with Crippen LogP contribution in [0.5, 0.6) is 0 Å². The quantitative estimate of drug-likeness (QED) is 0.622. The Morgan fingerprint density at radius 2 is 2.38 bits per heavy atom. The lowest BCUT2D eigenvalue weighted by molar-refractivity contribution is -0.126. The van der Waals surface area contributed by atoms with Crippen molar-refractivity contribution in [3.05, 3.63) is 0 Å². The second-order valence-corrected chi connectivity index (χ2v) is 3.74. The van der Waals surface area contributed by atoms with E-state index < -0.39 is 0 Å². The Kier molecular flexibility index (Phi) is 2.80. The third kappa shape index (κ3) is 2.19. The van der Waals surface area contributed by atoms with Gasteiger partial charge in [-0.05, 0) is 12.8 Å². The van der Waals surface area contributed by atoms with Gasteiger partial charge in [-0.25, -0.2) is 0 Å². The van der Waals surface area contributed by atoms with Crippen LogP contribution >= 0.6 is 0 Å². The summed E-state index contributed by atoms with van der Waals surface area (Å²) in [5, 5.41) is 6.00. The Morgan fingerprint density at radius 3 is 2.92 bits per heavy atom. The molecule has 13 heavy (non-hydrogen) atoms. The van der Waals surface area contributed by atoms with Gasteiger partial charge in [-0.3, -0.25) is 4.79 Å². The zero-order chi connectivity index (χ0) is 9.10. The maximum atomic E-state index is 11.4. The molecule has 0 aromatic carbocycles. The molecule has 2 fully saturated rings. The van der Waals surface area contributed by atoms with Gasteiger partial charge in [0.25, 0.3) is 0 Å². The van der Waals surface area contributed by atoms with E-state index in [0.29, 0.717) is 6.54 Å². The molecule has 0 aliphatic carbocycles. The van der Waals surface area contributed by atoms with E-state index in [9.17, 15) is 4.79 Å². The smallest absolute Gasteiger partial charge is 0.225 e. The maximum absolute atomic E-state index is 11.4. The van der Waals surface area contributed by atoms with Crippen LogP contribution in [0.4, 0.5) is 0 Å². The lowest BCUT2D eigenvalue weighted by Crippen LogP contribution is -2.51. The van der Waals surface area contributed by atoms with Crippen molar-refractivity contribution >= 4 is 5.91 Å². The first-order valence-electron chi connectivity index (χ1n) is 4.96. The number of amides is 1. The third-order valence-corrected chi connectivity index (χ3v) is 2.68. The summed E-state index contributed by atoms with van der Waals surface area (Å²) in [6.07, 6.45) is 2.48. The number of hydrogen-bond donors (Lipinski definition) is 2. The third-order valence-electron chi connectivity index (χ3n) is 2.68. The van der Waals surface area contributed by atoms with Crippen LogP contribution in [0.2, 0.25) is 0 Å². The summed E-state index contributed by atoms with van der Waals surface area (Å²) in [7, 11) is 0. The molecule has 4 nitrogen and oxygen atoms in total. The van der Waals surface area contributed by atoms with Gasteiger partial charge >= 0.3 is 0 Å². The van der Waals surface area contributed by atoms with Crippen molar-refractivity contribution in [2.75, 3.05) is 26.2 Å². The van der Waals surface area contributed by atoms with Crippen LogP contribution in [0.25, 0.3) is 0 Å². The molecular weight excluding hydrogens is 168 g/mol. The van der Waals surface area contributed by atoms with Gasteiger partial charge in [0.05, 0.1) is 12.0 Å². The van der Waals surface area contributed by atoms with Crippen molar-refractivity contribution < 1.29 is 9.53 Å². The first-order chi connectivity index (χ1) is 6.36. The van der Waals surface area contributed by atoms with Crippen molar-refractivity contribution in [3.63, 3.8) is 0 Å². The van der Waals surface area contributed by atoms with Gasteiger partial charge in [-0.15, -0.1) is 0 Å². The molecule has 1 amide bonds. The van der Waals surface area contributed by atoms with Crippen LogP contribution in [0.3, 0.4) is 0 Å². The molecule has 0 aromatic rings. The fourth-order valence-corrected chi connectivity index (χ4v) is 1.64. The molecule has 2 aliphatic heterocycles. The highest BCUT2D eigenvalue weighted by Gasteiger charge is 2.25. The zero-order valence-corrected chi connectivity index (χ0v) is 7.71. The van der Waals surface area contributed by atoms with Gasteiger partial charge in [-0.2, -0.15) is 0 Å². The van der Waals surface area contributed by atoms with E-state index in [1.165, 1.54) is 0 Å². The molecule has 4 heteroatoms. The van der Waals surface area contributed by atoms with Crippen molar-refractivity contribution in [3.8, 4) is 0 Å². The minimum atomic E-state index is 0.175. The monoisotopic (exact) mass is 184 g/mol. The summed E-state index contributed by atoms with van der Waals surface area (Å²) >= 11 is 0. The highest BCUT2D eigenvalue weighted by atomic mass is 16.5. The second-order valence-electron chi connectivity index (χ2n) is 3.74. The number of hydrogen-bond acceptors (Lipinski definition) is 3. The lowest BCUT2D eigenvalue weighted by atomic mass is 10.0. The van der Waals surface area contributed by atoms with E-state index in [2.05, 4.69) is 10.6 Å². The molecule has 2 aliphatic rings. The van der Waals surface area contributed by atoms with Gasteiger partial charge < -0.3 is 15.4 Å². The molecule has 0 aromatic heterocycles. The first-order valence-corrected chi connectivity index (χ1v) is 4.96. The first kappa shape index (κ1) is 8.97. The van der Waals surface area contributed by atoms with Crippen molar-refractivity contribution in [2.45, 2.75) is 18.9 Å². The topological polar surface area (TPSA) is 50.4 Å². The molecular formula is C9H16N2O2. The SMILES string of the molecule is O=C(NCC1CCCO1)C1CNC1. The molecule has 0 bridgehead atoms. The standard InChI is InChI=1S/C9H16N2O2/c12-9(7-4-10-5-7)11-6-8-2-1-3-13-8/h7-8,10H,1-6H2,(H,11,12). The van der Waals surface area contributed by atoms with Crippen LogP contribution in [0, 0.1) is 5.92 Å².